The normalized spacial score (nSPS) is 12.6. The first-order chi connectivity index (χ1) is 10.0. The second kappa shape index (κ2) is 6.49. The number of carbonyl (C=O) groups excluding carboxylic acids is 1. The summed E-state index contributed by atoms with van der Waals surface area (Å²) in [6.45, 7) is 6.04. The molecule has 2 aromatic heterocycles. The van der Waals surface area contributed by atoms with Crippen molar-refractivity contribution in [2.45, 2.75) is 33.3 Å². The Morgan fingerprint density at radius 1 is 1.52 bits per heavy atom. The molecule has 0 aliphatic heterocycles. The summed E-state index contributed by atoms with van der Waals surface area (Å²) in [7, 11) is 0. The maximum absolute atomic E-state index is 11.8. The summed E-state index contributed by atoms with van der Waals surface area (Å²) in [5.41, 5.74) is 0.722. The number of nitrogens with zero attached hydrogens (tertiary/aromatic N) is 4. The van der Waals surface area contributed by atoms with Crippen LogP contribution in [0.4, 0.5) is 0 Å². The molecule has 0 spiro atoms. The number of ether oxygens (including phenoxy) is 1. The first kappa shape index (κ1) is 15.2. The van der Waals surface area contributed by atoms with Gasteiger partial charge in [-0.3, -0.25) is 5.10 Å². The lowest BCUT2D eigenvalue weighted by molar-refractivity contribution is 0.0526. The molecule has 8 heteroatoms. The van der Waals surface area contributed by atoms with Crippen molar-refractivity contribution >= 4 is 5.97 Å². The largest absolute Gasteiger partial charge is 0.462 e. The third-order valence-electron chi connectivity index (χ3n) is 2.89. The van der Waals surface area contributed by atoms with Crippen molar-refractivity contribution in [1.29, 1.82) is 0 Å². The minimum absolute atomic E-state index is 0.270. The Bertz CT molecular complexity index is 604. The lowest BCUT2D eigenvalue weighted by atomic mass is 10.0. The van der Waals surface area contributed by atoms with Crippen LogP contribution in [0.5, 0.6) is 0 Å². The summed E-state index contributed by atoms with van der Waals surface area (Å²) in [5.74, 6) is 0.220. The van der Waals surface area contributed by atoms with E-state index >= 15 is 0 Å². The van der Waals surface area contributed by atoms with Crippen molar-refractivity contribution in [3.63, 3.8) is 0 Å². The minimum Gasteiger partial charge on any atom is -0.462 e. The fourth-order valence-electron chi connectivity index (χ4n) is 1.92. The number of aliphatic hydroxyl groups excluding tert-OH is 1. The predicted octanol–water partition coefficient (Wildman–Crippen LogP) is 1.25. The molecule has 0 bridgehead atoms. The third-order valence-corrected chi connectivity index (χ3v) is 2.89. The highest BCUT2D eigenvalue weighted by atomic mass is 16.5. The van der Waals surface area contributed by atoms with Gasteiger partial charge in [0.1, 0.15) is 11.3 Å². The van der Waals surface area contributed by atoms with Crippen LogP contribution >= 0.6 is 0 Å². The zero-order valence-corrected chi connectivity index (χ0v) is 12.3. The van der Waals surface area contributed by atoms with Gasteiger partial charge in [-0.15, -0.1) is 5.10 Å². The van der Waals surface area contributed by atoms with Crippen LogP contribution in [0, 0.1) is 5.92 Å². The van der Waals surface area contributed by atoms with Gasteiger partial charge in [0.2, 0.25) is 0 Å². The SMILES string of the molecule is CCOC(=O)c1cn[nH]c1-n1cc(C(O)CC(C)C)nn1. The van der Waals surface area contributed by atoms with Crippen molar-refractivity contribution in [2.75, 3.05) is 6.61 Å². The lowest BCUT2D eigenvalue weighted by Crippen LogP contribution is -2.08. The van der Waals surface area contributed by atoms with E-state index in [4.69, 9.17) is 4.74 Å². The molecule has 0 aliphatic rings. The summed E-state index contributed by atoms with van der Waals surface area (Å²) in [5, 5.41) is 24.4. The maximum atomic E-state index is 11.8. The van der Waals surface area contributed by atoms with E-state index in [0.29, 0.717) is 23.9 Å². The molecular formula is C13H19N5O3. The molecule has 8 nitrogen and oxygen atoms in total. The van der Waals surface area contributed by atoms with Gasteiger partial charge in [0.25, 0.3) is 0 Å². The summed E-state index contributed by atoms with van der Waals surface area (Å²) >= 11 is 0. The van der Waals surface area contributed by atoms with Gasteiger partial charge in [-0.25, -0.2) is 9.48 Å². The van der Waals surface area contributed by atoms with Gasteiger partial charge in [-0.05, 0) is 19.3 Å². The number of rotatable bonds is 6. The van der Waals surface area contributed by atoms with Gasteiger partial charge >= 0.3 is 5.97 Å². The van der Waals surface area contributed by atoms with Crippen LogP contribution in [0.1, 0.15) is 49.3 Å². The minimum atomic E-state index is -0.687. The van der Waals surface area contributed by atoms with Crippen molar-refractivity contribution in [2.24, 2.45) is 5.92 Å². The molecule has 0 saturated carbocycles. The Morgan fingerprint density at radius 2 is 2.29 bits per heavy atom. The van der Waals surface area contributed by atoms with Crippen LogP contribution in [0.15, 0.2) is 12.4 Å². The average molecular weight is 293 g/mol. The van der Waals surface area contributed by atoms with E-state index in [9.17, 15) is 9.90 Å². The molecule has 2 N–H and O–H groups in total. The average Bonchev–Trinajstić information content (AvgIpc) is 3.07. The molecule has 114 valence electrons. The van der Waals surface area contributed by atoms with Crippen LogP contribution in [-0.4, -0.2) is 42.9 Å². The van der Waals surface area contributed by atoms with Crippen molar-refractivity contribution in [3.05, 3.63) is 23.7 Å². The highest BCUT2D eigenvalue weighted by Crippen LogP contribution is 2.20. The molecule has 0 aliphatic carbocycles. The van der Waals surface area contributed by atoms with E-state index in [2.05, 4.69) is 20.5 Å². The number of H-pyrrole nitrogens is 1. The highest BCUT2D eigenvalue weighted by Gasteiger charge is 2.19. The first-order valence-electron chi connectivity index (χ1n) is 6.84. The fraction of sp³-hybridized carbons (Fsp3) is 0.538. The van der Waals surface area contributed by atoms with Gasteiger partial charge in [0.05, 0.1) is 25.1 Å². The van der Waals surface area contributed by atoms with Gasteiger partial charge in [-0.2, -0.15) is 5.10 Å². The Balaban J connectivity index is 2.22. The van der Waals surface area contributed by atoms with E-state index in [0.717, 1.165) is 0 Å². The number of aromatic amines is 1. The van der Waals surface area contributed by atoms with E-state index < -0.39 is 12.1 Å². The van der Waals surface area contributed by atoms with Gasteiger partial charge in [0, 0.05) is 0 Å². The van der Waals surface area contributed by atoms with E-state index in [-0.39, 0.29) is 12.2 Å². The van der Waals surface area contributed by atoms with Crippen molar-refractivity contribution in [1.82, 2.24) is 25.2 Å². The summed E-state index contributed by atoms with van der Waals surface area (Å²) in [6.07, 6.45) is 2.85. The van der Waals surface area contributed by atoms with Crippen LogP contribution in [0.25, 0.3) is 5.82 Å². The Kier molecular flexibility index (Phi) is 4.69. The summed E-state index contributed by atoms with van der Waals surface area (Å²) in [4.78, 5) is 11.8. The zero-order valence-electron chi connectivity index (χ0n) is 12.3. The first-order valence-corrected chi connectivity index (χ1v) is 6.84. The van der Waals surface area contributed by atoms with Crippen molar-refractivity contribution < 1.29 is 14.6 Å². The molecule has 21 heavy (non-hydrogen) atoms. The highest BCUT2D eigenvalue weighted by molar-refractivity contribution is 5.92. The molecular weight excluding hydrogens is 274 g/mol. The molecule has 1 unspecified atom stereocenters. The standard InChI is InChI=1S/C13H19N5O3/c1-4-21-13(20)9-6-14-16-12(9)18-7-10(15-17-18)11(19)5-8(2)3/h6-8,11,19H,4-5H2,1-3H3,(H,14,16). The molecule has 1 atom stereocenters. The number of hydrogen-bond acceptors (Lipinski definition) is 6. The topological polar surface area (TPSA) is 106 Å². The molecule has 0 saturated heterocycles. The second-order valence-corrected chi connectivity index (χ2v) is 5.09. The Hall–Kier alpha value is -2.22. The second-order valence-electron chi connectivity index (χ2n) is 5.09. The van der Waals surface area contributed by atoms with E-state index in [1.165, 1.54) is 10.9 Å². The van der Waals surface area contributed by atoms with E-state index in [1.807, 2.05) is 13.8 Å². The maximum Gasteiger partial charge on any atom is 0.343 e. The third kappa shape index (κ3) is 3.46. The molecule has 2 aromatic rings. The number of nitrogens with one attached hydrogen (secondary N) is 1. The predicted molar refractivity (Wildman–Crippen MR) is 73.9 cm³/mol. The molecule has 0 aromatic carbocycles. The molecule has 2 heterocycles. The molecule has 2 rings (SSSR count). The lowest BCUT2D eigenvalue weighted by Gasteiger charge is -2.09. The van der Waals surface area contributed by atoms with Crippen molar-refractivity contribution in [3.8, 4) is 5.82 Å². The summed E-state index contributed by atoms with van der Waals surface area (Å²) in [6, 6.07) is 0. The van der Waals surface area contributed by atoms with E-state index in [1.54, 1.807) is 13.1 Å². The summed E-state index contributed by atoms with van der Waals surface area (Å²) < 4.78 is 6.32. The quantitative estimate of drug-likeness (QED) is 0.776. The number of aliphatic hydroxyl groups is 1. The van der Waals surface area contributed by atoms with Crippen LogP contribution < -0.4 is 0 Å². The van der Waals surface area contributed by atoms with Crippen LogP contribution in [0.3, 0.4) is 0 Å². The fourth-order valence-corrected chi connectivity index (χ4v) is 1.92. The number of carbonyl (C=O) groups is 1. The smallest absolute Gasteiger partial charge is 0.343 e. The van der Waals surface area contributed by atoms with Gasteiger partial charge in [0.15, 0.2) is 5.82 Å². The van der Waals surface area contributed by atoms with Gasteiger partial charge in [-0.1, -0.05) is 19.1 Å². The monoisotopic (exact) mass is 293 g/mol. The van der Waals surface area contributed by atoms with Crippen LogP contribution in [0.2, 0.25) is 0 Å². The molecule has 0 radical (unpaired) electrons. The molecule has 0 amide bonds. The van der Waals surface area contributed by atoms with Crippen LogP contribution in [-0.2, 0) is 4.74 Å². The number of aromatic nitrogens is 5. The number of esters is 1. The Labute approximate surface area is 122 Å². The number of hydrogen-bond donors (Lipinski definition) is 2. The Morgan fingerprint density at radius 3 is 2.95 bits per heavy atom. The molecule has 0 fully saturated rings. The zero-order chi connectivity index (χ0) is 15.4. The van der Waals surface area contributed by atoms with Gasteiger partial charge < -0.3 is 9.84 Å².